The summed E-state index contributed by atoms with van der Waals surface area (Å²) in [6.07, 6.45) is 3.76. The zero-order valence-electron chi connectivity index (χ0n) is 12.3. The number of fused-ring (bicyclic) bond motifs is 5. The van der Waals surface area contributed by atoms with Crippen molar-refractivity contribution in [2.45, 2.75) is 22.8 Å². The molecule has 0 aliphatic carbocycles. The summed E-state index contributed by atoms with van der Waals surface area (Å²) in [6, 6.07) is 8.81. The van der Waals surface area contributed by atoms with Crippen LogP contribution < -0.4 is 0 Å². The van der Waals surface area contributed by atoms with Crippen molar-refractivity contribution in [2.24, 2.45) is 0 Å². The molecule has 0 radical (unpaired) electrons. The van der Waals surface area contributed by atoms with E-state index in [2.05, 4.69) is 56.7 Å². The smallest absolute Gasteiger partial charge is 0.335 e. The number of methoxy groups -OCH3 is 1. The molecule has 0 spiro atoms. The minimum atomic E-state index is -0.206. The normalized spacial score (nSPS) is 23.7. The number of halogens is 1. The Bertz CT molecular complexity index is 780. The molecular weight excluding hydrogens is 391 g/mol. The van der Waals surface area contributed by atoms with E-state index >= 15 is 0 Å². The van der Waals surface area contributed by atoms with Crippen LogP contribution in [0.5, 0.6) is 0 Å². The highest BCUT2D eigenvalue weighted by Gasteiger charge is 2.38. The van der Waals surface area contributed by atoms with Crippen molar-refractivity contribution >= 4 is 39.5 Å². The van der Waals surface area contributed by atoms with Crippen molar-refractivity contribution in [3.63, 3.8) is 0 Å². The number of esters is 1. The van der Waals surface area contributed by atoms with Crippen LogP contribution in [0.2, 0.25) is 0 Å². The Morgan fingerprint density at radius 3 is 3.05 bits per heavy atom. The lowest BCUT2D eigenvalue weighted by Gasteiger charge is -2.41. The highest BCUT2D eigenvalue weighted by molar-refractivity contribution is 14.1. The lowest BCUT2D eigenvalue weighted by molar-refractivity contribution is -0.136. The maximum atomic E-state index is 11.8. The standard InChI is InChI=1S/C17H17IN2O2/c1-22-17(21)10-8-13(18)16-15-12(6-7-20(16)9-10)11-4-2-3-5-14(11)19-15/h2-5,9,13,16,19H,6-8H2,1H3/t13-,16-/m1/s1. The summed E-state index contributed by atoms with van der Waals surface area (Å²) in [4.78, 5) is 17.8. The summed E-state index contributed by atoms with van der Waals surface area (Å²) in [5, 5.41) is 1.34. The third-order valence-electron chi connectivity index (χ3n) is 4.65. The molecule has 0 saturated heterocycles. The van der Waals surface area contributed by atoms with Crippen molar-refractivity contribution in [1.82, 2.24) is 9.88 Å². The topological polar surface area (TPSA) is 45.3 Å². The van der Waals surface area contributed by atoms with E-state index in [-0.39, 0.29) is 5.97 Å². The summed E-state index contributed by atoms with van der Waals surface area (Å²) in [5.41, 5.74) is 4.74. The van der Waals surface area contributed by atoms with Gasteiger partial charge in [0.15, 0.2) is 0 Å². The second-order valence-corrected chi connectivity index (χ2v) is 7.46. The van der Waals surface area contributed by atoms with Crippen molar-refractivity contribution in [2.75, 3.05) is 13.7 Å². The second-order valence-electron chi connectivity index (χ2n) is 5.86. The fourth-order valence-electron chi connectivity index (χ4n) is 3.66. The molecule has 0 amide bonds. The molecule has 4 rings (SSSR count). The van der Waals surface area contributed by atoms with Crippen LogP contribution in [0.4, 0.5) is 0 Å². The first-order valence-corrected chi connectivity index (χ1v) is 8.72. The largest absolute Gasteiger partial charge is 0.466 e. The minimum Gasteiger partial charge on any atom is -0.466 e. The number of rotatable bonds is 1. The van der Waals surface area contributed by atoms with Gasteiger partial charge in [-0.1, -0.05) is 40.8 Å². The molecule has 0 unspecified atom stereocenters. The number of ether oxygens (including phenoxy) is 1. The molecule has 1 aromatic carbocycles. The third-order valence-corrected chi connectivity index (χ3v) is 5.77. The lowest BCUT2D eigenvalue weighted by atomic mass is 9.90. The second kappa shape index (κ2) is 5.30. The quantitative estimate of drug-likeness (QED) is 0.448. The molecule has 2 aromatic rings. The highest BCUT2D eigenvalue weighted by atomic mass is 127. The SMILES string of the molecule is COC(=O)C1=CN2CCc3c([nH]c4ccccc34)[C@H]2[C@H](I)C1. The van der Waals surface area contributed by atoms with Gasteiger partial charge in [0.05, 0.1) is 18.7 Å². The first-order valence-electron chi connectivity index (χ1n) is 7.47. The molecule has 3 heterocycles. The van der Waals surface area contributed by atoms with Crippen molar-refractivity contribution in [1.29, 1.82) is 0 Å². The van der Waals surface area contributed by atoms with E-state index < -0.39 is 0 Å². The van der Waals surface area contributed by atoms with Crippen LogP contribution in [0.15, 0.2) is 36.0 Å². The van der Waals surface area contributed by atoms with E-state index in [0.717, 1.165) is 25.0 Å². The Balaban J connectivity index is 1.80. The zero-order valence-corrected chi connectivity index (χ0v) is 14.5. The molecule has 0 fully saturated rings. The molecule has 4 nitrogen and oxygen atoms in total. The highest BCUT2D eigenvalue weighted by Crippen LogP contribution is 2.43. The van der Waals surface area contributed by atoms with Crippen LogP contribution in [0, 0.1) is 0 Å². The summed E-state index contributed by atoms with van der Waals surface area (Å²) >= 11 is 2.47. The number of hydrogen-bond donors (Lipinski definition) is 1. The zero-order chi connectivity index (χ0) is 15.3. The van der Waals surface area contributed by atoms with Gasteiger partial charge < -0.3 is 14.6 Å². The summed E-state index contributed by atoms with van der Waals surface area (Å²) in [6.45, 7) is 0.944. The number of aromatic nitrogens is 1. The fourth-order valence-corrected chi connectivity index (χ4v) is 4.91. The van der Waals surface area contributed by atoms with Crippen LogP contribution in [0.3, 0.4) is 0 Å². The van der Waals surface area contributed by atoms with E-state index in [0.29, 0.717) is 9.97 Å². The molecule has 22 heavy (non-hydrogen) atoms. The number of carbonyl (C=O) groups is 1. The average Bonchev–Trinajstić information content (AvgIpc) is 2.92. The van der Waals surface area contributed by atoms with Gasteiger partial charge in [-0.2, -0.15) is 0 Å². The number of nitrogens with one attached hydrogen (secondary N) is 1. The Hall–Kier alpha value is -1.50. The van der Waals surface area contributed by atoms with Gasteiger partial charge in [-0.05, 0) is 24.5 Å². The van der Waals surface area contributed by atoms with Crippen molar-refractivity contribution in [3.8, 4) is 0 Å². The van der Waals surface area contributed by atoms with E-state index in [1.807, 2.05) is 6.20 Å². The summed E-state index contributed by atoms with van der Waals surface area (Å²) < 4.78 is 5.24. The van der Waals surface area contributed by atoms with Crippen LogP contribution in [-0.4, -0.2) is 33.4 Å². The van der Waals surface area contributed by atoms with Crippen LogP contribution in [0.1, 0.15) is 23.7 Å². The average molecular weight is 408 g/mol. The molecule has 1 N–H and O–H groups in total. The van der Waals surface area contributed by atoms with E-state index in [4.69, 9.17) is 4.74 Å². The van der Waals surface area contributed by atoms with E-state index in [1.165, 1.54) is 29.3 Å². The maximum Gasteiger partial charge on any atom is 0.335 e. The monoisotopic (exact) mass is 408 g/mol. The third kappa shape index (κ3) is 2.06. The molecule has 1 aromatic heterocycles. The van der Waals surface area contributed by atoms with Crippen LogP contribution in [0.25, 0.3) is 10.9 Å². The Morgan fingerprint density at radius 2 is 2.23 bits per heavy atom. The van der Waals surface area contributed by atoms with Gasteiger partial charge >= 0.3 is 5.97 Å². The number of carbonyl (C=O) groups excluding carboxylic acids is 1. The molecule has 0 saturated carbocycles. The molecule has 114 valence electrons. The van der Waals surface area contributed by atoms with Gasteiger partial charge in [0.1, 0.15) is 0 Å². The Labute approximate surface area is 142 Å². The first kappa shape index (κ1) is 14.1. The molecule has 2 aliphatic rings. The Morgan fingerprint density at radius 1 is 1.41 bits per heavy atom. The van der Waals surface area contributed by atoms with E-state index in [1.54, 1.807) is 0 Å². The van der Waals surface area contributed by atoms with Gasteiger partial charge in [0, 0.05) is 33.3 Å². The minimum absolute atomic E-state index is 0.206. The fraction of sp³-hybridized carbons (Fsp3) is 0.353. The summed E-state index contributed by atoms with van der Waals surface area (Å²) in [7, 11) is 1.45. The number of nitrogens with zero attached hydrogens (tertiary/aromatic N) is 1. The molecule has 2 aliphatic heterocycles. The number of hydrogen-bond acceptors (Lipinski definition) is 3. The lowest BCUT2D eigenvalue weighted by Crippen LogP contribution is -2.40. The predicted molar refractivity (Wildman–Crippen MR) is 94.0 cm³/mol. The Kier molecular flexibility index (Phi) is 3.40. The van der Waals surface area contributed by atoms with Gasteiger partial charge in [0.25, 0.3) is 0 Å². The van der Waals surface area contributed by atoms with E-state index in [9.17, 15) is 4.79 Å². The first-order chi connectivity index (χ1) is 10.7. The number of para-hydroxylation sites is 1. The molecule has 0 bridgehead atoms. The van der Waals surface area contributed by atoms with Crippen LogP contribution >= 0.6 is 22.6 Å². The van der Waals surface area contributed by atoms with Crippen LogP contribution in [-0.2, 0) is 16.0 Å². The van der Waals surface area contributed by atoms with Crippen molar-refractivity contribution in [3.05, 3.63) is 47.3 Å². The van der Waals surface area contributed by atoms with Gasteiger partial charge in [-0.25, -0.2) is 4.79 Å². The molecule has 5 heteroatoms. The number of alkyl halides is 1. The number of H-pyrrole nitrogens is 1. The van der Waals surface area contributed by atoms with Gasteiger partial charge in [-0.15, -0.1) is 0 Å². The molecular formula is C17H17IN2O2. The number of aromatic amines is 1. The molecule has 2 atom stereocenters. The maximum absolute atomic E-state index is 11.8. The summed E-state index contributed by atoms with van der Waals surface area (Å²) in [5.74, 6) is -0.206. The predicted octanol–water partition coefficient (Wildman–Crippen LogP) is 3.33. The van der Waals surface area contributed by atoms with Gasteiger partial charge in [0.2, 0.25) is 0 Å². The van der Waals surface area contributed by atoms with Crippen molar-refractivity contribution < 1.29 is 9.53 Å². The number of benzene rings is 1. The van der Waals surface area contributed by atoms with Gasteiger partial charge in [-0.3, -0.25) is 0 Å².